The van der Waals surface area contributed by atoms with Crippen molar-refractivity contribution in [2.24, 2.45) is 11.5 Å². The van der Waals surface area contributed by atoms with Crippen LogP contribution in [0.2, 0.25) is 0 Å². The molecule has 0 aliphatic heterocycles. The number of hydrogen-bond donors (Lipinski definition) is 4. The lowest BCUT2D eigenvalue weighted by Gasteiger charge is -2.42. The molecule has 0 rings (SSSR count). The van der Waals surface area contributed by atoms with E-state index >= 15 is 0 Å². The molecule has 0 heterocycles. The van der Waals surface area contributed by atoms with Crippen LogP contribution in [0.1, 0.15) is 239 Å². The predicted octanol–water partition coefficient (Wildman–Crippen LogP) is 14.1. The Balaban J connectivity index is 5.14. The molecule has 0 saturated carbocycles. The van der Waals surface area contributed by atoms with E-state index in [-0.39, 0.29) is 19.3 Å². The minimum Gasteiger partial charge on any atom is -0.390 e. The van der Waals surface area contributed by atoms with Crippen molar-refractivity contribution in [3.8, 4) is 0 Å². The summed E-state index contributed by atoms with van der Waals surface area (Å²) >= 11 is 0. The van der Waals surface area contributed by atoms with Crippen LogP contribution in [-0.2, 0) is 0 Å². The first kappa shape index (κ1) is 58.7. The number of rotatable bonds is 48. The zero-order valence-corrected chi connectivity index (χ0v) is 40.6. The first-order chi connectivity index (χ1) is 29.5. The van der Waals surface area contributed by atoms with Gasteiger partial charge in [0.05, 0.1) is 18.4 Å². The Morgan fingerprint density at radius 3 is 1.00 bits per heavy atom. The molecule has 0 bridgehead atoms. The molecule has 0 amide bonds. The van der Waals surface area contributed by atoms with Gasteiger partial charge in [0.1, 0.15) is 0 Å². The van der Waals surface area contributed by atoms with Crippen molar-refractivity contribution in [2.45, 2.75) is 257 Å². The molecule has 354 valence electrons. The number of aliphatic hydroxyl groups is 2. The van der Waals surface area contributed by atoms with Crippen molar-refractivity contribution in [3.05, 3.63) is 48.6 Å². The molecule has 0 radical (unpaired) electrons. The van der Waals surface area contributed by atoms with Crippen molar-refractivity contribution in [1.82, 2.24) is 9.80 Å². The standard InChI is InChI=1S/C54H106N4O2/c1-4-7-10-13-16-19-21-23-25-27-29-31-34-37-40-43-46-57(50-52(59)48-55)54(45-42-39-36-33-18-15-12-9-6-3)58(51-53(60)49-56)47-44-41-38-35-32-30-28-26-24-22-20-17-14-11-8-5-2/h16-17,19-20,23-26,52-54,59-60H,4-15,18,21-22,27-51,55-56H2,1-3H3/b19-16-,20-17-,25-23+,26-24+. The monoisotopic (exact) mass is 843 g/mol. The number of allylic oxidation sites excluding steroid dienone is 8. The fourth-order valence-electron chi connectivity index (χ4n) is 8.25. The highest BCUT2D eigenvalue weighted by Gasteiger charge is 2.27. The second-order valence-electron chi connectivity index (χ2n) is 18.0. The largest absolute Gasteiger partial charge is 0.390 e. The number of nitrogens with two attached hydrogens (primary N) is 2. The van der Waals surface area contributed by atoms with Crippen molar-refractivity contribution in [2.75, 3.05) is 39.3 Å². The minimum absolute atomic E-state index is 0.188. The van der Waals surface area contributed by atoms with Gasteiger partial charge >= 0.3 is 0 Å². The molecule has 0 aromatic rings. The Kier molecular flexibility index (Phi) is 47.7. The van der Waals surface area contributed by atoms with E-state index in [1.165, 1.54) is 186 Å². The zero-order chi connectivity index (χ0) is 43.8. The highest BCUT2D eigenvalue weighted by atomic mass is 16.3. The molecule has 0 aliphatic carbocycles. The second kappa shape index (κ2) is 48.7. The molecule has 0 fully saturated rings. The highest BCUT2D eigenvalue weighted by molar-refractivity contribution is 4.93. The summed E-state index contributed by atoms with van der Waals surface area (Å²) in [5.41, 5.74) is 12.1. The third-order valence-corrected chi connectivity index (χ3v) is 12.1. The van der Waals surface area contributed by atoms with E-state index < -0.39 is 12.2 Å². The van der Waals surface area contributed by atoms with Crippen LogP contribution in [0.3, 0.4) is 0 Å². The lowest BCUT2D eigenvalue weighted by atomic mass is 10.0. The number of hydrogen-bond acceptors (Lipinski definition) is 6. The summed E-state index contributed by atoms with van der Waals surface area (Å²) in [5, 5.41) is 21.8. The summed E-state index contributed by atoms with van der Waals surface area (Å²) in [5.74, 6) is 0. The summed E-state index contributed by atoms with van der Waals surface area (Å²) in [7, 11) is 0. The summed E-state index contributed by atoms with van der Waals surface area (Å²) in [6.45, 7) is 10.5. The van der Waals surface area contributed by atoms with Crippen LogP contribution < -0.4 is 11.5 Å². The molecular formula is C54H106N4O2. The van der Waals surface area contributed by atoms with Gasteiger partial charge in [-0.05, 0) is 96.6 Å². The van der Waals surface area contributed by atoms with E-state index in [0.29, 0.717) is 13.1 Å². The van der Waals surface area contributed by atoms with E-state index in [1.807, 2.05) is 0 Å². The van der Waals surface area contributed by atoms with Gasteiger partial charge in [0.2, 0.25) is 0 Å². The Bertz CT molecular complexity index is 888. The molecule has 6 N–H and O–H groups in total. The van der Waals surface area contributed by atoms with Crippen molar-refractivity contribution < 1.29 is 10.2 Å². The van der Waals surface area contributed by atoms with Crippen LogP contribution >= 0.6 is 0 Å². The quantitative estimate of drug-likeness (QED) is 0.0277. The van der Waals surface area contributed by atoms with E-state index in [4.69, 9.17) is 11.5 Å². The topological polar surface area (TPSA) is 99.0 Å². The van der Waals surface area contributed by atoms with Gasteiger partial charge in [0.15, 0.2) is 0 Å². The van der Waals surface area contributed by atoms with Crippen molar-refractivity contribution in [1.29, 1.82) is 0 Å². The first-order valence-corrected chi connectivity index (χ1v) is 26.4. The van der Waals surface area contributed by atoms with Gasteiger partial charge < -0.3 is 21.7 Å². The van der Waals surface area contributed by atoms with Crippen LogP contribution in [0.4, 0.5) is 0 Å². The summed E-state index contributed by atoms with van der Waals surface area (Å²) in [6.07, 6.45) is 60.6. The van der Waals surface area contributed by atoms with Gasteiger partial charge in [-0.2, -0.15) is 0 Å². The van der Waals surface area contributed by atoms with Gasteiger partial charge in [-0.1, -0.05) is 204 Å². The fraction of sp³-hybridized carbons (Fsp3) is 0.852. The third kappa shape index (κ3) is 40.8. The molecule has 0 aromatic heterocycles. The maximum absolute atomic E-state index is 10.9. The Morgan fingerprint density at radius 2 is 0.650 bits per heavy atom. The fourth-order valence-corrected chi connectivity index (χ4v) is 8.25. The number of unbranched alkanes of at least 4 members (excludes halogenated alkanes) is 26. The van der Waals surface area contributed by atoms with Crippen LogP contribution in [0.5, 0.6) is 0 Å². The lowest BCUT2D eigenvalue weighted by molar-refractivity contribution is -0.0161. The average molecular weight is 843 g/mol. The molecular weight excluding hydrogens is 737 g/mol. The van der Waals surface area contributed by atoms with Gasteiger partial charge in [-0.25, -0.2) is 0 Å². The highest BCUT2D eigenvalue weighted by Crippen LogP contribution is 2.21. The molecule has 6 nitrogen and oxygen atoms in total. The molecule has 0 aliphatic rings. The lowest BCUT2D eigenvalue weighted by Crippen LogP contribution is -2.54. The Labute approximate surface area is 375 Å². The van der Waals surface area contributed by atoms with Crippen LogP contribution in [-0.4, -0.2) is 77.7 Å². The second-order valence-corrected chi connectivity index (χ2v) is 18.0. The maximum atomic E-state index is 10.9. The zero-order valence-electron chi connectivity index (χ0n) is 40.6. The third-order valence-electron chi connectivity index (χ3n) is 12.1. The predicted molar refractivity (Wildman–Crippen MR) is 268 cm³/mol. The van der Waals surface area contributed by atoms with Gasteiger partial charge in [0, 0.05) is 26.2 Å². The summed E-state index contributed by atoms with van der Waals surface area (Å²) in [4.78, 5) is 5.06. The van der Waals surface area contributed by atoms with Crippen LogP contribution in [0, 0.1) is 0 Å². The normalized spacial score (nSPS) is 14.1. The minimum atomic E-state index is -0.539. The summed E-state index contributed by atoms with van der Waals surface area (Å²) in [6, 6.07) is 0. The van der Waals surface area contributed by atoms with E-state index in [2.05, 4.69) is 79.2 Å². The Morgan fingerprint density at radius 1 is 0.367 bits per heavy atom. The number of aliphatic hydroxyl groups excluding tert-OH is 2. The van der Waals surface area contributed by atoms with Gasteiger partial charge in [-0.15, -0.1) is 0 Å². The van der Waals surface area contributed by atoms with Gasteiger partial charge in [-0.3, -0.25) is 9.80 Å². The molecule has 60 heavy (non-hydrogen) atoms. The van der Waals surface area contributed by atoms with Gasteiger partial charge in [0.25, 0.3) is 0 Å². The molecule has 2 atom stereocenters. The van der Waals surface area contributed by atoms with E-state index in [9.17, 15) is 10.2 Å². The van der Waals surface area contributed by atoms with Crippen molar-refractivity contribution >= 4 is 0 Å². The smallest absolute Gasteiger partial charge is 0.0789 e. The van der Waals surface area contributed by atoms with Crippen LogP contribution in [0.25, 0.3) is 0 Å². The maximum Gasteiger partial charge on any atom is 0.0789 e. The molecule has 0 spiro atoms. The first-order valence-electron chi connectivity index (χ1n) is 26.4. The van der Waals surface area contributed by atoms with E-state index in [0.717, 1.165) is 45.2 Å². The Hall–Kier alpha value is -1.28. The van der Waals surface area contributed by atoms with E-state index in [1.54, 1.807) is 0 Å². The molecule has 6 heteroatoms. The van der Waals surface area contributed by atoms with Crippen molar-refractivity contribution in [3.63, 3.8) is 0 Å². The molecule has 0 saturated heterocycles. The SMILES string of the molecule is CCCCC/C=C\C/C=C/CCCCCCCCN(CC(O)CN)C(CCCCCCCCCCC)N(CCCCCCCC/C=C/C/C=C\CCCCC)CC(O)CN. The number of nitrogens with zero attached hydrogens (tertiary/aromatic N) is 2. The molecule has 0 aromatic carbocycles. The average Bonchev–Trinajstić information content (AvgIpc) is 3.25. The summed E-state index contributed by atoms with van der Waals surface area (Å²) < 4.78 is 0. The van der Waals surface area contributed by atoms with Crippen LogP contribution in [0.15, 0.2) is 48.6 Å². The molecule has 2 unspecified atom stereocenters.